The standard InChI is InChI=1S/C19H25FN4O3/c1-12-14(4-7-23-13(2)25)15-10-18(16(20)11-17(15)24-12)26-8-9-27-19(21)5-6-22-3/h5-6,10-11,24H,4,7-9,21H2,1-3H3,(H,23,25)/p+1. The molecule has 0 spiro atoms. The fourth-order valence-corrected chi connectivity index (χ4v) is 2.71. The van der Waals surface area contributed by atoms with Crippen LogP contribution in [0.15, 0.2) is 24.1 Å². The summed E-state index contributed by atoms with van der Waals surface area (Å²) in [6.45, 7) is 4.26. The highest BCUT2D eigenvalue weighted by Crippen LogP contribution is 2.29. The highest BCUT2D eigenvalue weighted by Gasteiger charge is 2.13. The first kappa shape index (κ1) is 20.3. The smallest absolute Gasteiger partial charge is 0.216 e. The molecule has 0 saturated heterocycles. The molecule has 0 fully saturated rings. The van der Waals surface area contributed by atoms with E-state index in [-0.39, 0.29) is 30.8 Å². The van der Waals surface area contributed by atoms with E-state index in [1.54, 1.807) is 25.4 Å². The molecule has 5 N–H and O–H groups in total. The molecule has 0 saturated carbocycles. The molecule has 1 amide bonds. The number of aryl methyl sites for hydroxylation is 1. The number of aromatic nitrogens is 1. The minimum Gasteiger partial charge on any atom is -0.487 e. The maximum Gasteiger partial charge on any atom is 0.216 e. The zero-order valence-electron chi connectivity index (χ0n) is 15.8. The Morgan fingerprint density at radius 2 is 2.19 bits per heavy atom. The van der Waals surface area contributed by atoms with Crippen LogP contribution in [0.4, 0.5) is 4.39 Å². The molecule has 0 aliphatic rings. The van der Waals surface area contributed by atoms with Gasteiger partial charge in [-0.15, -0.1) is 0 Å². The Kier molecular flexibility index (Phi) is 7.22. The number of amides is 1. The van der Waals surface area contributed by atoms with Crippen LogP contribution in [0, 0.1) is 12.7 Å². The molecule has 146 valence electrons. The normalized spacial score (nSPS) is 11.9. The molecule has 0 atom stereocenters. The summed E-state index contributed by atoms with van der Waals surface area (Å²) in [4.78, 5) is 17.0. The molecule has 7 nitrogen and oxygen atoms in total. The summed E-state index contributed by atoms with van der Waals surface area (Å²) in [5, 5.41) is 3.64. The van der Waals surface area contributed by atoms with Gasteiger partial charge in [-0.25, -0.2) is 4.39 Å². The summed E-state index contributed by atoms with van der Waals surface area (Å²) in [6, 6.07) is 3.09. The van der Waals surface area contributed by atoms with Crippen LogP contribution in [0.25, 0.3) is 10.9 Å². The summed E-state index contributed by atoms with van der Waals surface area (Å²) in [6.07, 6.45) is 3.86. The van der Waals surface area contributed by atoms with Crippen LogP contribution in [-0.4, -0.2) is 43.9 Å². The van der Waals surface area contributed by atoms with Gasteiger partial charge in [0.2, 0.25) is 5.91 Å². The second-order valence-electron chi connectivity index (χ2n) is 6.01. The highest BCUT2D eigenvalue weighted by molar-refractivity contribution is 5.86. The van der Waals surface area contributed by atoms with Gasteiger partial charge in [-0.1, -0.05) is 0 Å². The molecule has 27 heavy (non-hydrogen) atoms. The molecular formula is C19H26FN4O3+. The van der Waals surface area contributed by atoms with Crippen LogP contribution in [0.5, 0.6) is 5.75 Å². The number of benzene rings is 1. The third kappa shape index (κ3) is 5.73. The number of aromatic amines is 1. The van der Waals surface area contributed by atoms with Crippen molar-refractivity contribution in [2.75, 3.05) is 26.8 Å². The van der Waals surface area contributed by atoms with Gasteiger partial charge in [0.25, 0.3) is 0 Å². The van der Waals surface area contributed by atoms with Gasteiger partial charge < -0.3 is 25.5 Å². The SMILES string of the molecule is C[NH+]=CC=C(N)OCCOc1cc2c(CCNC(C)=O)c(C)[nH]c2cc1F. The van der Waals surface area contributed by atoms with Crippen molar-refractivity contribution in [1.82, 2.24) is 10.3 Å². The number of rotatable bonds is 9. The molecule has 0 aliphatic heterocycles. The molecule has 1 aromatic carbocycles. The van der Waals surface area contributed by atoms with E-state index in [0.717, 1.165) is 16.6 Å². The van der Waals surface area contributed by atoms with Crippen LogP contribution in [0.2, 0.25) is 0 Å². The second kappa shape index (κ2) is 9.61. The Morgan fingerprint density at radius 3 is 2.89 bits per heavy atom. The first-order valence-electron chi connectivity index (χ1n) is 8.69. The number of H-pyrrole nitrogens is 1. The lowest BCUT2D eigenvalue weighted by Gasteiger charge is -2.09. The van der Waals surface area contributed by atoms with E-state index in [0.29, 0.717) is 18.5 Å². The van der Waals surface area contributed by atoms with Crippen molar-refractivity contribution < 1.29 is 23.7 Å². The number of halogens is 1. The first-order chi connectivity index (χ1) is 12.9. The molecule has 0 aliphatic carbocycles. The fraction of sp³-hybridized carbons (Fsp3) is 0.368. The maximum absolute atomic E-state index is 14.3. The molecule has 1 heterocycles. The van der Waals surface area contributed by atoms with Gasteiger partial charge >= 0.3 is 0 Å². The molecule has 8 heteroatoms. The van der Waals surface area contributed by atoms with E-state index in [1.807, 2.05) is 6.92 Å². The lowest BCUT2D eigenvalue weighted by atomic mass is 10.1. The summed E-state index contributed by atoms with van der Waals surface area (Å²) in [5.74, 6) is -0.145. The highest BCUT2D eigenvalue weighted by atomic mass is 19.1. The Morgan fingerprint density at radius 1 is 1.41 bits per heavy atom. The predicted octanol–water partition coefficient (Wildman–Crippen LogP) is 0.271. The first-order valence-corrected chi connectivity index (χ1v) is 8.69. The Balaban J connectivity index is 2.06. The van der Waals surface area contributed by atoms with Gasteiger partial charge in [-0.05, 0) is 25.0 Å². The number of ether oxygens (including phenoxy) is 2. The fourth-order valence-electron chi connectivity index (χ4n) is 2.71. The quantitative estimate of drug-likeness (QED) is 0.286. The van der Waals surface area contributed by atoms with Gasteiger partial charge in [0.15, 0.2) is 23.7 Å². The minimum atomic E-state index is -0.454. The molecule has 1 aromatic heterocycles. The van der Waals surface area contributed by atoms with Crippen molar-refractivity contribution in [1.29, 1.82) is 0 Å². The number of nitrogens with one attached hydrogen (secondary N) is 3. The molecule has 0 radical (unpaired) electrons. The number of fused-ring (bicyclic) bond motifs is 1. The number of allylic oxidation sites excluding steroid dienone is 1. The lowest BCUT2D eigenvalue weighted by molar-refractivity contribution is -0.413. The van der Waals surface area contributed by atoms with Crippen LogP contribution in [0.3, 0.4) is 0 Å². The van der Waals surface area contributed by atoms with E-state index < -0.39 is 5.82 Å². The van der Waals surface area contributed by atoms with Crippen LogP contribution in [-0.2, 0) is 16.0 Å². The Bertz CT molecular complexity index is 858. The van der Waals surface area contributed by atoms with E-state index in [9.17, 15) is 9.18 Å². The van der Waals surface area contributed by atoms with E-state index in [2.05, 4.69) is 15.3 Å². The minimum absolute atomic E-state index is 0.0804. The zero-order chi connectivity index (χ0) is 19.8. The summed E-state index contributed by atoms with van der Waals surface area (Å²) in [5.41, 5.74) is 8.30. The monoisotopic (exact) mass is 377 g/mol. The van der Waals surface area contributed by atoms with Crippen molar-refractivity contribution >= 4 is 23.0 Å². The van der Waals surface area contributed by atoms with Gasteiger partial charge in [0, 0.05) is 36.1 Å². The lowest BCUT2D eigenvalue weighted by Crippen LogP contribution is -2.62. The average molecular weight is 377 g/mol. The second-order valence-corrected chi connectivity index (χ2v) is 6.01. The number of carbonyl (C=O) groups is 1. The number of nitrogens with two attached hydrogens (primary N) is 1. The van der Waals surface area contributed by atoms with Gasteiger partial charge in [0.05, 0.1) is 6.08 Å². The average Bonchev–Trinajstić information content (AvgIpc) is 2.91. The topological polar surface area (TPSA) is 103 Å². The molecule has 2 rings (SSSR count). The maximum atomic E-state index is 14.3. The third-order valence-corrected chi connectivity index (χ3v) is 3.94. The largest absolute Gasteiger partial charge is 0.487 e. The third-order valence-electron chi connectivity index (χ3n) is 3.94. The number of carbonyl (C=O) groups excluding carboxylic acids is 1. The predicted molar refractivity (Wildman–Crippen MR) is 102 cm³/mol. The summed E-state index contributed by atoms with van der Waals surface area (Å²) in [7, 11) is 1.75. The molecular weight excluding hydrogens is 351 g/mol. The van der Waals surface area contributed by atoms with Crippen molar-refractivity contribution in [3.05, 3.63) is 41.2 Å². The Labute approximate surface area is 157 Å². The van der Waals surface area contributed by atoms with Crippen molar-refractivity contribution in [2.24, 2.45) is 5.73 Å². The number of hydrogen-bond donors (Lipinski definition) is 4. The van der Waals surface area contributed by atoms with E-state index in [4.69, 9.17) is 15.2 Å². The van der Waals surface area contributed by atoms with Crippen molar-refractivity contribution in [2.45, 2.75) is 20.3 Å². The van der Waals surface area contributed by atoms with Crippen molar-refractivity contribution in [3.8, 4) is 5.75 Å². The Hall–Kier alpha value is -3.03. The molecule has 0 unspecified atom stereocenters. The van der Waals surface area contributed by atoms with Crippen molar-refractivity contribution in [3.63, 3.8) is 0 Å². The van der Waals surface area contributed by atoms with Gasteiger partial charge in [0.1, 0.15) is 20.3 Å². The molecule has 2 aromatic rings. The van der Waals surface area contributed by atoms with Gasteiger partial charge in [-0.2, -0.15) is 0 Å². The van der Waals surface area contributed by atoms with Crippen LogP contribution in [0.1, 0.15) is 18.2 Å². The molecule has 0 bridgehead atoms. The van der Waals surface area contributed by atoms with Gasteiger partial charge in [-0.3, -0.25) is 9.79 Å². The summed E-state index contributed by atoms with van der Waals surface area (Å²) >= 11 is 0. The number of hydrogen-bond acceptors (Lipinski definition) is 4. The van der Waals surface area contributed by atoms with Crippen LogP contribution >= 0.6 is 0 Å². The summed E-state index contributed by atoms with van der Waals surface area (Å²) < 4.78 is 25.1. The van der Waals surface area contributed by atoms with E-state index >= 15 is 0 Å². The zero-order valence-corrected chi connectivity index (χ0v) is 15.8. The van der Waals surface area contributed by atoms with Crippen LogP contribution < -0.4 is 20.8 Å². The van der Waals surface area contributed by atoms with E-state index in [1.165, 1.54) is 13.0 Å².